The molecule has 0 rings (SSSR count). The first-order chi connectivity index (χ1) is 4.12. The molecule has 0 aromatic heterocycles. The first kappa shape index (κ1) is 9.18. The van der Waals surface area contributed by atoms with Gasteiger partial charge < -0.3 is 13.9 Å². The first-order valence-electron chi connectivity index (χ1n) is 2.87. The SMILES string of the molecule is C=P(O)(OCC)OCC. The van der Waals surface area contributed by atoms with Crippen LogP contribution in [0.15, 0.2) is 0 Å². The third-order valence-corrected chi connectivity index (χ3v) is 1.98. The standard InChI is InChI=1S/C5H13O3P/c1-4-7-9(3,6)8-5-2/h6H,3-5H2,1-2H3. The molecule has 0 bridgehead atoms. The normalized spacial score (nSPS) is 11.9. The molecule has 0 spiro atoms. The summed E-state index contributed by atoms with van der Waals surface area (Å²) in [6, 6.07) is 0. The number of rotatable bonds is 4. The molecular formula is C5H13O3P. The van der Waals surface area contributed by atoms with E-state index in [1.165, 1.54) is 0 Å². The minimum atomic E-state index is -2.69. The van der Waals surface area contributed by atoms with Gasteiger partial charge in [-0.1, -0.05) is 0 Å². The average Bonchev–Trinajstić information content (AvgIpc) is 1.64. The fourth-order valence-corrected chi connectivity index (χ4v) is 1.32. The molecule has 3 nitrogen and oxygen atoms in total. The van der Waals surface area contributed by atoms with Crippen LogP contribution in [0.2, 0.25) is 0 Å². The Hall–Kier alpha value is 0.180. The van der Waals surface area contributed by atoms with Crippen molar-refractivity contribution in [1.82, 2.24) is 0 Å². The van der Waals surface area contributed by atoms with Crippen LogP contribution >= 0.6 is 7.57 Å². The minimum Gasteiger partial charge on any atom is -0.333 e. The van der Waals surface area contributed by atoms with E-state index in [0.717, 1.165) is 0 Å². The van der Waals surface area contributed by atoms with Gasteiger partial charge in [-0.25, -0.2) is 0 Å². The second-order valence-corrected chi connectivity index (χ2v) is 3.26. The van der Waals surface area contributed by atoms with Gasteiger partial charge in [0.05, 0.1) is 13.2 Å². The maximum absolute atomic E-state index is 9.07. The maximum Gasteiger partial charge on any atom is 0.247 e. The molecule has 0 unspecified atom stereocenters. The third-order valence-electron chi connectivity index (χ3n) is 0.662. The summed E-state index contributed by atoms with van der Waals surface area (Å²) in [6.45, 7) is 4.45. The molecule has 0 aromatic carbocycles. The molecule has 0 fully saturated rings. The Labute approximate surface area is 55.8 Å². The maximum atomic E-state index is 9.07. The lowest BCUT2D eigenvalue weighted by Gasteiger charge is -2.14. The van der Waals surface area contributed by atoms with Crippen molar-refractivity contribution in [3.8, 4) is 0 Å². The van der Waals surface area contributed by atoms with E-state index in [4.69, 9.17) is 13.9 Å². The molecule has 0 radical (unpaired) electrons. The van der Waals surface area contributed by atoms with Crippen LogP contribution in [0.5, 0.6) is 0 Å². The van der Waals surface area contributed by atoms with Crippen molar-refractivity contribution in [2.75, 3.05) is 13.2 Å². The lowest BCUT2D eigenvalue weighted by molar-refractivity contribution is 0.210. The van der Waals surface area contributed by atoms with Gasteiger partial charge in [0.2, 0.25) is 7.57 Å². The minimum absolute atomic E-state index is 0.438. The van der Waals surface area contributed by atoms with Gasteiger partial charge >= 0.3 is 0 Å². The quantitative estimate of drug-likeness (QED) is 0.616. The van der Waals surface area contributed by atoms with Crippen LogP contribution in [0.1, 0.15) is 13.8 Å². The van der Waals surface area contributed by atoms with E-state index in [1.807, 2.05) is 0 Å². The molecule has 0 atom stereocenters. The van der Waals surface area contributed by atoms with Gasteiger partial charge in [-0.15, -0.1) is 0 Å². The van der Waals surface area contributed by atoms with Crippen molar-refractivity contribution in [3.05, 3.63) is 0 Å². The van der Waals surface area contributed by atoms with Gasteiger partial charge in [-0.2, -0.15) is 0 Å². The monoisotopic (exact) mass is 152 g/mol. The highest BCUT2D eigenvalue weighted by molar-refractivity contribution is 7.58. The Morgan fingerprint density at radius 2 is 1.67 bits per heavy atom. The van der Waals surface area contributed by atoms with Crippen molar-refractivity contribution in [3.63, 3.8) is 0 Å². The molecule has 9 heavy (non-hydrogen) atoms. The largest absolute Gasteiger partial charge is 0.333 e. The number of hydrogen-bond acceptors (Lipinski definition) is 3. The van der Waals surface area contributed by atoms with E-state index in [0.29, 0.717) is 13.2 Å². The molecule has 0 saturated carbocycles. The zero-order valence-corrected chi connectivity index (χ0v) is 6.73. The van der Waals surface area contributed by atoms with Gasteiger partial charge in [-0.3, -0.25) is 0 Å². The predicted octanol–water partition coefficient (Wildman–Crippen LogP) is 1.25. The lowest BCUT2D eigenvalue weighted by atomic mass is 10.9. The van der Waals surface area contributed by atoms with Gasteiger partial charge in [-0.05, 0) is 20.1 Å². The summed E-state index contributed by atoms with van der Waals surface area (Å²) in [6.07, 6.45) is 3.37. The molecule has 0 aliphatic rings. The molecule has 0 amide bonds. The average molecular weight is 152 g/mol. The summed E-state index contributed by atoms with van der Waals surface area (Å²) in [4.78, 5) is 9.07. The van der Waals surface area contributed by atoms with Crippen molar-refractivity contribution in [2.24, 2.45) is 0 Å². The molecule has 1 N–H and O–H groups in total. The van der Waals surface area contributed by atoms with Crippen molar-refractivity contribution in [1.29, 1.82) is 0 Å². The summed E-state index contributed by atoms with van der Waals surface area (Å²) in [5.74, 6) is 0. The molecule has 56 valence electrons. The molecule has 0 saturated heterocycles. The fourth-order valence-electron chi connectivity index (χ4n) is 0.441. The second-order valence-electron chi connectivity index (χ2n) is 1.47. The van der Waals surface area contributed by atoms with Crippen molar-refractivity contribution in [2.45, 2.75) is 13.8 Å². The predicted molar refractivity (Wildman–Crippen MR) is 39.5 cm³/mol. The lowest BCUT2D eigenvalue weighted by Crippen LogP contribution is -1.93. The summed E-state index contributed by atoms with van der Waals surface area (Å²) >= 11 is 0. The topological polar surface area (TPSA) is 38.7 Å². The van der Waals surface area contributed by atoms with Crippen LogP contribution in [-0.4, -0.2) is 24.4 Å². The highest BCUT2D eigenvalue weighted by Gasteiger charge is 2.07. The summed E-state index contributed by atoms with van der Waals surface area (Å²) in [5.41, 5.74) is 0. The van der Waals surface area contributed by atoms with Gasteiger partial charge in [0, 0.05) is 0 Å². The van der Waals surface area contributed by atoms with E-state index in [2.05, 4.69) is 6.30 Å². The molecular weight excluding hydrogens is 139 g/mol. The fraction of sp³-hybridized carbons (Fsp3) is 0.800. The van der Waals surface area contributed by atoms with Gasteiger partial charge in [0.25, 0.3) is 0 Å². The van der Waals surface area contributed by atoms with Crippen LogP contribution in [-0.2, 0) is 9.05 Å². The molecule has 4 heteroatoms. The van der Waals surface area contributed by atoms with Gasteiger partial charge in [0.15, 0.2) is 0 Å². The van der Waals surface area contributed by atoms with E-state index in [-0.39, 0.29) is 0 Å². The van der Waals surface area contributed by atoms with E-state index < -0.39 is 7.57 Å². The highest BCUT2D eigenvalue weighted by Crippen LogP contribution is 2.41. The van der Waals surface area contributed by atoms with Crippen molar-refractivity contribution >= 4 is 13.9 Å². The van der Waals surface area contributed by atoms with Crippen LogP contribution in [0.4, 0.5) is 0 Å². The summed E-state index contributed by atoms with van der Waals surface area (Å²) in [5, 5.41) is 0. The Bertz CT molecular complexity index is 103. The van der Waals surface area contributed by atoms with E-state index >= 15 is 0 Å². The molecule has 0 aliphatic heterocycles. The van der Waals surface area contributed by atoms with Crippen LogP contribution in [0.3, 0.4) is 0 Å². The molecule has 0 aliphatic carbocycles. The molecule has 0 heterocycles. The zero-order valence-electron chi connectivity index (χ0n) is 5.83. The summed E-state index contributed by atoms with van der Waals surface area (Å²) < 4.78 is 9.61. The third kappa shape index (κ3) is 4.67. The first-order valence-corrected chi connectivity index (χ1v) is 4.64. The van der Waals surface area contributed by atoms with Crippen molar-refractivity contribution < 1.29 is 13.9 Å². The van der Waals surface area contributed by atoms with Gasteiger partial charge in [0.1, 0.15) is 0 Å². The Kier molecular flexibility index (Phi) is 4.15. The number of hydrogen-bond donors (Lipinski definition) is 1. The Balaban J connectivity index is 3.58. The zero-order chi connectivity index (χ0) is 7.33. The highest BCUT2D eigenvalue weighted by atomic mass is 31.2. The smallest absolute Gasteiger partial charge is 0.247 e. The van der Waals surface area contributed by atoms with Crippen LogP contribution in [0.25, 0.3) is 0 Å². The van der Waals surface area contributed by atoms with E-state index in [9.17, 15) is 0 Å². The Morgan fingerprint density at radius 3 is 1.89 bits per heavy atom. The van der Waals surface area contributed by atoms with E-state index in [1.54, 1.807) is 13.8 Å². The Morgan fingerprint density at radius 1 is 1.33 bits per heavy atom. The molecule has 0 aromatic rings. The van der Waals surface area contributed by atoms with Crippen LogP contribution in [0, 0.1) is 0 Å². The summed E-state index contributed by atoms with van der Waals surface area (Å²) in [7, 11) is -2.69. The second kappa shape index (κ2) is 4.07. The van der Waals surface area contributed by atoms with Crippen LogP contribution < -0.4 is 0 Å².